The molecule has 3 aromatic carbocycles. The molecule has 0 radical (unpaired) electrons. The Morgan fingerprint density at radius 1 is 0.800 bits per heavy atom. The van der Waals surface area contributed by atoms with Crippen molar-refractivity contribution in [2.45, 2.75) is 56.9 Å². The zero-order valence-electron chi connectivity index (χ0n) is 19.7. The van der Waals surface area contributed by atoms with E-state index in [4.69, 9.17) is 16.3 Å². The second-order valence-electron chi connectivity index (χ2n) is 9.22. The molecule has 0 spiro atoms. The van der Waals surface area contributed by atoms with Crippen LogP contribution in [0.4, 0.5) is 17.6 Å². The van der Waals surface area contributed by atoms with Crippen LogP contribution < -0.4 is 0 Å². The van der Waals surface area contributed by atoms with Crippen LogP contribution >= 0.6 is 11.6 Å². The first-order valence-corrected chi connectivity index (χ1v) is 12.5. The van der Waals surface area contributed by atoms with Gasteiger partial charge in [-0.2, -0.15) is 8.78 Å². The van der Waals surface area contributed by atoms with Crippen LogP contribution in [0.3, 0.4) is 0 Å². The summed E-state index contributed by atoms with van der Waals surface area (Å²) in [5, 5.41) is -4.11. The van der Waals surface area contributed by atoms with Crippen LogP contribution in [0.1, 0.15) is 50.2 Å². The molecule has 0 amide bonds. The molecule has 0 saturated heterocycles. The molecular formula is C29H29ClF4O. The molecule has 35 heavy (non-hydrogen) atoms. The number of benzene rings is 3. The highest BCUT2D eigenvalue weighted by Gasteiger charge is 2.35. The fraction of sp³-hybridized carbons (Fsp3) is 0.379. The third kappa shape index (κ3) is 6.45. The summed E-state index contributed by atoms with van der Waals surface area (Å²) >= 11 is 4.82. The van der Waals surface area contributed by atoms with Crippen molar-refractivity contribution in [1.29, 1.82) is 0 Å². The lowest BCUT2D eigenvalue weighted by Gasteiger charge is -2.28. The maximum absolute atomic E-state index is 14.1. The van der Waals surface area contributed by atoms with Crippen molar-refractivity contribution >= 4 is 11.6 Å². The van der Waals surface area contributed by atoms with Crippen LogP contribution in [0.25, 0.3) is 22.3 Å². The highest BCUT2D eigenvalue weighted by atomic mass is 35.5. The Kier molecular flexibility index (Phi) is 8.18. The number of aryl methyl sites for hydroxylation is 1. The molecule has 1 saturated carbocycles. The van der Waals surface area contributed by atoms with Gasteiger partial charge in [-0.3, -0.25) is 0 Å². The Labute approximate surface area is 209 Å². The monoisotopic (exact) mass is 504 g/mol. The molecular weight excluding hydrogens is 476 g/mol. The van der Waals surface area contributed by atoms with E-state index in [1.54, 1.807) is 12.1 Å². The van der Waals surface area contributed by atoms with Crippen molar-refractivity contribution in [2.24, 2.45) is 5.92 Å². The van der Waals surface area contributed by atoms with Crippen LogP contribution in [0.2, 0.25) is 0 Å². The van der Waals surface area contributed by atoms with Gasteiger partial charge in [0, 0.05) is 6.61 Å². The molecule has 3 aromatic rings. The van der Waals surface area contributed by atoms with Gasteiger partial charge in [0.15, 0.2) is 0 Å². The van der Waals surface area contributed by atoms with E-state index in [1.807, 2.05) is 12.1 Å². The molecule has 1 nitrogen and oxygen atoms in total. The number of ether oxygens (including phenoxy) is 1. The molecule has 0 unspecified atom stereocenters. The number of halogens is 5. The SMILES string of the molecule is CCOC1CCC(CCc2ccc(-c3ccc(-c4cc(F)c(C(F)(F)Cl)c(F)c4)cc3)cc2)CC1. The quantitative estimate of drug-likeness (QED) is 0.219. The third-order valence-electron chi connectivity index (χ3n) is 6.87. The van der Waals surface area contributed by atoms with Gasteiger partial charge in [0.25, 0.3) is 0 Å². The summed E-state index contributed by atoms with van der Waals surface area (Å²) in [7, 11) is 0. The Hall–Kier alpha value is -2.37. The highest BCUT2D eigenvalue weighted by Crippen LogP contribution is 2.38. The maximum atomic E-state index is 14.1. The lowest BCUT2D eigenvalue weighted by molar-refractivity contribution is 0.0248. The molecule has 1 aliphatic rings. The molecule has 1 fully saturated rings. The van der Waals surface area contributed by atoms with E-state index in [0.717, 1.165) is 55.0 Å². The minimum absolute atomic E-state index is 0.168. The molecule has 186 valence electrons. The fourth-order valence-corrected chi connectivity index (χ4v) is 5.10. The summed E-state index contributed by atoms with van der Waals surface area (Å²) in [5.74, 6) is -1.98. The van der Waals surface area contributed by atoms with Crippen molar-refractivity contribution in [2.75, 3.05) is 6.61 Å². The van der Waals surface area contributed by atoms with Gasteiger partial charge in [-0.05, 0) is 103 Å². The minimum atomic E-state index is -4.11. The number of hydrogen-bond donors (Lipinski definition) is 0. The first-order chi connectivity index (χ1) is 16.7. The van der Waals surface area contributed by atoms with Crippen molar-refractivity contribution in [3.63, 3.8) is 0 Å². The van der Waals surface area contributed by atoms with Crippen molar-refractivity contribution in [1.82, 2.24) is 0 Å². The van der Waals surface area contributed by atoms with Gasteiger partial charge in [-0.15, -0.1) is 0 Å². The summed E-state index contributed by atoms with van der Waals surface area (Å²) in [5.41, 5.74) is 2.55. The average Bonchev–Trinajstić information content (AvgIpc) is 2.83. The first-order valence-electron chi connectivity index (χ1n) is 12.1. The predicted octanol–water partition coefficient (Wildman–Crippen LogP) is 9.11. The van der Waals surface area contributed by atoms with Gasteiger partial charge in [-0.1, -0.05) is 48.5 Å². The smallest absolute Gasteiger partial charge is 0.353 e. The molecule has 6 heteroatoms. The molecule has 0 atom stereocenters. The molecule has 0 aromatic heterocycles. The number of rotatable bonds is 8. The van der Waals surface area contributed by atoms with E-state index >= 15 is 0 Å². The van der Waals surface area contributed by atoms with Gasteiger partial charge >= 0.3 is 5.38 Å². The standard InChI is InChI=1S/C29H29ClF4O/c1-2-35-25-15-7-20(8-16-25)4-3-19-5-9-21(10-6-19)22-11-13-23(14-12-22)24-17-26(31)28(27(32)18-24)29(30,33)34/h5-6,9-14,17-18,20,25H,2-4,7-8,15-16H2,1H3. The number of alkyl halides is 3. The van der Waals surface area contributed by atoms with E-state index in [-0.39, 0.29) is 5.56 Å². The maximum Gasteiger partial charge on any atom is 0.353 e. The number of hydrogen-bond acceptors (Lipinski definition) is 1. The topological polar surface area (TPSA) is 9.23 Å². The van der Waals surface area contributed by atoms with Gasteiger partial charge < -0.3 is 4.74 Å². The second-order valence-corrected chi connectivity index (χ2v) is 9.70. The van der Waals surface area contributed by atoms with Gasteiger partial charge in [0.1, 0.15) is 17.2 Å². The van der Waals surface area contributed by atoms with Crippen molar-refractivity contribution in [3.05, 3.63) is 83.4 Å². The van der Waals surface area contributed by atoms with Crippen LogP contribution in [0.15, 0.2) is 60.7 Å². The van der Waals surface area contributed by atoms with E-state index < -0.39 is 22.6 Å². The zero-order chi connectivity index (χ0) is 25.0. The summed E-state index contributed by atoms with van der Waals surface area (Å²) in [6.07, 6.45) is 7.48. The van der Waals surface area contributed by atoms with Crippen LogP contribution in [0.5, 0.6) is 0 Å². The van der Waals surface area contributed by atoms with E-state index in [0.29, 0.717) is 11.7 Å². The third-order valence-corrected chi connectivity index (χ3v) is 7.06. The fourth-order valence-electron chi connectivity index (χ4n) is 4.92. The lowest BCUT2D eigenvalue weighted by atomic mass is 9.83. The summed E-state index contributed by atoms with van der Waals surface area (Å²) in [6, 6.07) is 17.3. The summed E-state index contributed by atoms with van der Waals surface area (Å²) < 4.78 is 60.4. The first kappa shape index (κ1) is 25.7. The molecule has 0 bridgehead atoms. The summed E-state index contributed by atoms with van der Waals surface area (Å²) in [6.45, 7) is 2.85. The van der Waals surface area contributed by atoms with Gasteiger partial charge in [-0.25, -0.2) is 8.78 Å². The van der Waals surface area contributed by atoms with Gasteiger partial charge in [0.2, 0.25) is 0 Å². The van der Waals surface area contributed by atoms with E-state index in [2.05, 4.69) is 31.2 Å². The van der Waals surface area contributed by atoms with Crippen LogP contribution in [0, 0.1) is 17.6 Å². The summed E-state index contributed by atoms with van der Waals surface area (Å²) in [4.78, 5) is 0. The molecule has 1 aliphatic carbocycles. The Morgan fingerprint density at radius 3 is 1.77 bits per heavy atom. The van der Waals surface area contributed by atoms with E-state index in [1.165, 1.54) is 24.8 Å². The molecule has 0 N–H and O–H groups in total. The normalized spacial score (nSPS) is 18.6. The van der Waals surface area contributed by atoms with Gasteiger partial charge in [0.05, 0.1) is 6.10 Å². The predicted molar refractivity (Wildman–Crippen MR) is 133 cm³/mol. The van der Waals surface area contributed by atoms with Crippen molar-refractivity contribution < 1.29 is 22.3 Å². The van der Waals surface area contributed by atoms with Crippen LogP contribution in [-0.2, 0) is 16.5 Å². The Balaban J connectivity index is 1.38. The average molecular weight is 505 g/mol. The van der Waals surface area contributed by atoms with E-state index in [9.17, 15) is 17.6 Å². The van der Waals surface area contributed by atoms with Crippen molar-refractivity contribution in [3.8, 4) is 22.3 Å². The molecule has 0 heterocycles. The second kappa shape index (κ2) is 11.1. The lowest BCUT2D eigenvalue weighted by Crippen LogP contribution is -2.21. The minimum Gasteiger partial charge on any atom is -0.379 e. The van der Waals surface area contributed by atoms with Crippen LogP contribution in [-0.4, -0.2) is 12.7 Å². The highest BCUT2D eigenvalue weighted by molar-refractivity contribution is 6.21. The molecule has 0 aliphatic heterocycles. The zero-order valence-corrected chi connectivity index (χ0v) is 20.4. The Morgan fingerprint density at radius 2 is 1.29 bits per heavy atom. The molecule has 4 rings (SSSR count). The largest absolute Gasteiger partial charge is 0.379 e. The Bertz CT molecular complexity index is 1090.